The van der Waals surface area contributed by atoms with Gasteiger partial charge in [-0.15, -0.1) is 0 Å². The number of hydrogen-bond acceptors (Lipinski definition) is 4. The number of carbonyl (C=O) groups excluding carboxylic acids is 1. The van der Waals surface area contributed by atoms with Crippen LogP contribution in [0.4, 0.5) is 10.2 Å². The van der Waals surface area contributed by atoms with Gasteiger partial charge in [0.05, 0.1) is 21.7 Å². The Balaban J connectivity index is 1.56. The number of benzene rings is 3. The topological polar surface area (TPSA) is 85.8 Å². The second kappa shape index (κ2) is 9.35. The lowest BCUT2D eigenvalue weighted by molar-refractivity contribution is 0.0941. The summed E-state index contributed by atoms with van der Waals surface area (Å²) < 4.78 is 15.4. The van der Waals surface area contributed by atoms with E-state index in [-0.39, 0.29) is 28.4 Å². The van der Waals surface area contributed by atoms with Crippen LogP contribution in [-0.4, -0.2) is 26.5 Å². The Morgan fingerprint density at radius 2 is 1.74 bits per heavy atom. The molecule has 0 saturated carbocycles. The minimum Gasteiger partial charge on any atom is -0.384 e. The lowest BCUT2D eigenvalue weighted by Crippen LogP contribution is -2.33. The standard InChI is InChI=1S/C27H23ClFN5O/c1-16(11-12-17-7-3-2-4-8-17)31-27(35)23-24-26(33-22-10-6-5-9-21(22)32-24)34(25(23)30)18-13-14-20(29)19(28)15-18/h2-10,13-16H,11-12,30H2,1H3,(H,31,35). The highest BCUT2D eigenvalue weighted by atomic mass is 35.5. The Morgan fingerprint density at radius 3 is 2.46 bits per heavy atom. The summed E-state index contributed by atoms with van der Waals surface area (Å²) >= 11 is 6.04. The maximum atomic E-state index is 13.8. The van der Waals surface area contributed by atoms with E-state index in [9.17, 15) is 9.18 Å². The SMILES string of the molecule is CC(CCc1ccccc1)NC(=O)c1c(N)n(-c2ccc(F)c(Cl)c2)c2nc3ccccc3nc12. The smallest absolute Gasteiger partial charge is 0.257 e. The van der Waals surface area contributed by atoms with Crippen molar-refractivity contribution in [1.82, 2.24) is 19.9 Å². The number of nitrogens with one attached hydrogen (secondary N) is 1. The first kappa shape index (κ1) is 22.8. The molecule has 176 valence electrons. The second-order valence-corrected chi connectivity index (χ2v) is 8.88. The molecule has 0 aliphatic heterocycles. The van der Waals surface area contributed by atoms with Gasteiger partial charge in [-0.3, -0.25) is 9.36 Å². The molecule has 0 bridgehead atoms. The van der Waals surface area contributed by atoms with Crippen molar-refractivity contribution in [3.05, 3.63) is 94.8 Å². The lowest BCUT2D eigenvalue weighted by Gasteiger charge is -2.14. The summed E-state index contributed by atoms with van der Waals surface area (Å²) in [5, 5.41) is 2.99. The fourth-order valence-electron chi connectivity index (χ4n) is 4.17. The highest BCUT2D eigenvalue weighted by Crippen LogP contribution is 2.32. The van der Waals surface area contributed by atoms with Crippen molar-refractivity contribution in [2.24, 2.45) is 0 Å². The molecule has 1 atom stereocenters. The Bertz CT molecular complexity index is 1550. The van der Waals surface area contributed by atoms with Crippen LogP contribution in [0, 0.1) is 5.82 Å². The largest absolute Gasteiger partial charge is 0.384 e. The van der Waals surface area contributed by atoms with E-state index in [1.54, 1.807) is 4.57 Å². The fourth-order valence-corrected chi connectivity index (χ4v) is 4.34. The summed E-state index contributed by atoms with van der Waals surface area (Å²) in [7, 11) is 0. The van der Waals surface area contributed by atoms with E-state index in [1.165, 1.54) is 23.8 Å². The van der Waals surface area contributed by atoms with E-state index in [0.29, 0.717) is 27.9 Å². The van der Waals surface area contributed by atoms with E-state index in [0.717, 1.165) is 12.8 Å². The molecule has 3 aromatic carbocycles. The van der Waals surface area contributed by atoms with E-state index in [1.807, 2.05) is 49.4 Å². The number of hydrogen-bond donors (Lipinski definition) is 2. The molecule has 35 heavy (non-hydrogen) atoms. The number of rotatable bonds is 6. The van der Waals surface area contributed by atoms with Gasteiger partial charge in [-0.2, -0.15) is 0 Å². The summed E-state index contributed by atoms with van der Waals surface area (Å²) in [6.07, 6.45) is 1.59. The van der Waals surface area contributed by atoms with Gasteiger partial charge in [-0.1, -0.05) is 54.1 Å². The number of nitrogens with zero attached hydrogens (tertiary/aromatic N) is 3. The number of halogens is 2. The van der Waals surface area contributed by atoms with Crippen molar-refractivity contribution in [3.63, 3.8) is 0 Å². The number of aryl methyl sites for hydroxylation is 1. The third kappa shape index (κ3) is 4.42. The molecule has 1 unspecified atom stereocenters. The van der Waals surface area contributed by atoms with Gasteiger partial charge in [0.2, 0.25) is 0 Å². The van der Waals surface area contributed by atoms with Crippen molar-refractivity contribution in [3.8, 4) is 5.69 Å². The number of carbonyl (C=O) groups is 1. The highest BCUT2D eigenvalue weighted by molar-refractivity contribution is 6.31. The minimum absolute atomic E-state index is 0.0574. The highest BCUT2D eigenvalue weighted by Gasteiger charge is 2.26. The number of nitrogens with two attached hydrogens (primary N) is 1. The van der Waals surface area contributed by atoms with Crippen LogP contribution in [0.3, 0.4) is 0 Å². The Labute approximate surface area is 206 Å². The first-order valence-corrected chi connectivity index (χ1v) is 11.7. The predicted octanol–water partition coefficient (Wildman–Crippen LogP) is 5.70. The number of amides is 1. The number of anilines is 1. The average molecular weight is 488 g/mol. The zero-order chi connectivity index (χ0) is 24.5. The number of aromatic nitrogens is 3. The fraction of sp³-hybridized carbons (Fsp3) is 0.148. The van der Waals surface area contributed by atoms with Crippen LogP contribution in [0.25, 0.3) is 27.9 Å². The number of para-hydroxylation sites is 2. The van der Waals surface area contributed by atoms with Crippen molar-refractivity contribution >= 4 is 45.5 Å². The average Bonchev–Trinajstić information content (AvgIpc) is 3.14. The zero-order valence-electron chi connectivity index (χ0n) is 19.0. The minimum atomic E-state index is -0.549. The van der Waals surface area contributed by atoms with Gasteiger partial charge in [-0.05, 0) is 55.7 Å². The van der Waals surface area contributed by atoms with Gasteiger partial charge in [0.25, 0.3) is 5.91 Å². The monoisotopic (exact) mass is 487 g/mol. The zero-order valence-corrected chi connectivity index (χ0v) is 19.8. The van der Waals surface area contributed by atoms with E-state index >= 15 is 0 Å². The van der Waals surface area contributed by atoms with E-state index in [4.69, 9.17) is 27.3 Å². The van der Waals surface area contributed by atoms with Crippen molar-refractivity contribution in [1.29, 1.82) is 0 Å². The Hall–Kier alpha value is -3.97. The van der Waals surface area contributed by atoms with E-state index < -0.39 is 5.82 Å². The third-order valence-corrected chi connectivity index (χ3v) is 6.26. The normalized spacial score (nSPS) is 12.2. The van der Waals surface area contributed by atoms with Crippen molar-refractivity contribution < 1.29 is 9.18 Å². The molecule has 1 amide bonds. The molecule has 6 nitrogen and oxygen atoms in total. The number of nitrogen functional groups attached to an aromatic ring is 1. The summed E-state index contributed by atoms with van der Waals surface area (Å²) in [5.74, 6) is -0.734. The summed E-state index contributed by atoms with van der Waals surface area (Å²) in [6.45, 7) is 1.96. The molecule has 2 heterocycles. The van der Waals surface area contributed by atoms with Crippen LogP contribution in [0.2, 0.25) is 5.02 Å². The molecular weight excluding hydrogens is 465 g/mol. The number of fused-ring (bicyclic) bond motifs is 2. The lowest BCUT2D eigenvalue weighted by atomic mass is 10.1. The molecule has 3 N–H and O–H groups in total. The van der Waals surface area contributed by atoms with Crippen LogP contribution >= 0.6 is 11.6 Å². The van der Waals surface area contributed by atoms with Crippen LogP contribution < -0.4 is 11.1 Å². The summed E-state index contributed by atoms with van der Waals surface area (Å²) in [4.78, 5) is 22.9. The van der Waals surface area contributed by atoms with Gasteiger partial charge in [0, 0.05) is 6.04 Å². The molecule has 0 aliphatic rings. The summed E-state index contributed by atoms with van der Waals surface area (Å²) in [6, 6.07) is 21.6. The molecule has 0 aliphatic carbocycles. The van der Waals surface area contributed by atoms with Crippen LogP contribution in [0.1, 0.15) is 29.3 Å². The van der Waals surface area contributed by atoms with Crippen LogP contribution in [0.15, 0.2) is 72.8 Å². The maximum absolute atomic E-state index is 13.8. The van der Waals surface area contributed by atoms with Crippen molar-refractivity contribution in [2.75, 3.05) is 5.73 Å². The van der Waals surface area contributed by atoms with Gasteiger partial charge >= 0.3 is 0 Å². The summed E-state index contributed by atoms with van der Waals surface area (Å²) in [5.41, 5.74) is 10.5. The van der Waals surface area contributed by atoms with Crippen LogP contribution in [-0.2, 0) is 6.42 Å². The first-order valence-electron chi connectivity index (χ1n) is 11.3. The van der Waals surface area contributed by atoms with Gasteiger partial charge < -0.3 is 11.1 Å². The quantitative estimate of drug-likeness (QED) is 0.321. The Morgan fingerprint density at radius 1 is 1.06 bits per heavy atom. The molecular formula is C27H23ClFN5O. The molecule has 0 radical (unpaired) electrons. The second-order valence-electron chi connectivity index (χ2n) is 8.48. The molecule has 5 aromatic rings. The molecule has 0 spiro atoms. The van der Waals surface area contributed by atoms with Gasteiger partial charge in [0.1, 0.15) is 22.7 Å². The van der Waals surface area contributed by atoms with Crippen molar-refractivity contribution in [2.45, 2.75) is 25.8 Å². The molecule has 5 rings (SSSR count). The first-order chi connectivity index (χ1) is 16.9. The predicted molar refractivity (Wildman–Crippen MR) is 137 cm³/mol. The molecule has 0 fully saturated rings. The van der Waals surface area contributed by atoms with Gasteiger partial charge in [-0.25, -0.2) is 14.4 Å². The van der Waals surface area contributed by atoms with Gasteiger partial charge in [0.15, 0.2) is 5.65 Å². The molecule has 0 saturated heterocycles. The molecule has 2 aromatic heterocycles. The molecule has 8 heteroatoms. The Kier molecular flexibility index (Phi) is 6.09. The van der Waals surface area contributed by atoms with E-state index in [2.05, 4.69) is 17.4 Å². The van der Waals surface area contributed by atoms with Crippen LogP contribution in [0.5, 0.6) is 0 Å². The third-order valence-electron chi connectivity index (χ3n) is 5.97. The maximum Gasteiger partial charge on any atom is 0.257 e.